The van der Waals surface area contributed by atoms with Gasteiger partial charge < -0.3 is 9.47 Å². The quantitative estimate of drug-likeness (QED) is 0.130. The fraction of sp³-hybridized carbons (Fsp3) is 0.182. The number of halogens is 10. The maximum absolute atomic E-state index is 13.5. The molecule has 36 heavy (non-hydrogen) atoms. The van der Waals surface area contributed by atoms with Crippen LogP contribution in [0.15, 0.2) is 66.7 Å². The standard InChI is InChI=1S/C22H11Br2F8O3P/c23-19(25,26)21(29,30)34-14-8-4-12(5-9-14)16-2-1-3-17(36-33)18(16)13-6-10-15(11-7-13)35-22(31,32)20(24,27)28/h1-11H. The van der Waals surface area contributed by atoms with Crippen LogP contribution in [-0.2, 0) is 4.57 Å². The number of hydrogen-bond acceptors (Lipinski definition) is 3. The molecule has 0 atom stereocenters. The highest BCUT2D eigenvalue weighted by Crippen LogP contribution is 2.43. The first kappa shape index (κ1) is 28.3. The molecular weight excluding hydrogens is 655 g/mol. The molecule has 0 heterocycles. The summed E-state index contributed by atoms with van der Waals surface area (Å²) in [5, 5.41) is 0.254. The summed E-state index contributed by atoms with van der Waals surface area (Å²) in [5.41, 5.74) is 1.45. The molecule has 0 aliphatic heterocycles. The highest BCUT2D eigenvalue weighted by Gasteiger charge is 2.58. The Morgan fingerprint density at radius 1 is 0.611 bits per heavy atom. The Balaban J connectivity index is 1.96. The average molecular weight is 666 g/mol. The Kier molecular flexibility index (Phi) is 8.07. The molecule has 0 aliphatic rings. The van der Waals surface area contributed by atoms with E-state index in [0.29, 0.717) is 22.3 Å². The van der Waals surface area contributed by atoms with Gasteiger partial charge in [-0.2, -0.15) is 35.1 Å². The molecule has 0 N–H and O–H groups in total. The third-order valence-electron chi connectivity index (χ3n) is 4.60. The van der Waals surface area contributed by atoms with Gasteiger partial charge in [0.15, 0.2) is 8.46 Å². The van der Waals surface area contributed by atoms with Crippen molar-refractivity contribution in [3.63, 3.8) is 0 Å². The van der Waals surface area contributed by atoms with Gasteiger partial charge >= 0.3 is 21.9 Å². The zero-order valence-corrected chi connectivity index (χ0v) is 21.4. The Hall–Kier alpha value is -2.24. The molecule has 0 fully saturated rings. The smallest absolute Gasteiger partial charge is 0.427 e. The summed E-state index contributed by atoms with van der Waals surface area (Å²) in [6.07, 6.45) is -9.68. The summed E-state index contributed by atoms with van der Waals surface area (Å²) in [7, 11) is -0.424. The predicted molar refractivity (Wildman–Crippen MR) is 123 cm³/mol. The molecule has 0 aromatic heterocycles. The second-order valence-corrected chi connectivity index (χ2v) is 9.73. The van der Waals surface area contributed by atoms with E-state index in [0.717, 1.165) is 24.3 Å². The lowest BCUT2D eigenvalue weighted by atomic mass is 9.94. The van der Waals surface area contributed by atoms with Crippen LogP contribution in [0.1, 0.15) is 0 Å². The van der Waals surface area contributed by atoms with Crippen molar-refractivity contribution in [3.05, 3.63) is 66.7 Å². The molecule has 0 amide bonds. The SMILES string of the molecule is O=Pc1cccc(-c2ccc(OC(F)(F)C(F)(F)Br)cc2)c1-c1ccc(OC(F)(F)C(F)(F)Br)cc1. The molecule has 0 spiro atoms. The molecular formula is C22H11Br2F8O3P. The van der Waals surface area contributed by atoms with Crippen LogP contribution in [0, 0.1) is 0 Å². The van der Waals surface area contributed by atoms with E-state index < -0.39 is 41.8 Å². The third-order valence-corrected chi connectivity index (χ3v) is 6.09. The van der Waals surface area contributed by atoms with Gasteiger partial charge in [0, 0.05) is 37.4 Å². The van der Waals surface area contributed by atoms with Gasteiger partial charge in [0.25, 0.3) is 0 Å². The molecule has 0 saturated heterocycles. The van der Waals surface area contributed by atoms with Gasteiger partial charge in [-0.3, -0.25) is 4.57 Å². The summed E-state index contributed by atoms with van der Waals surface area (Å²) in [6.45, 7) is 0. The maximum Gasteiger partial charge on any atom is 0.475 e. The van der Waals surface area contributed by atoms with E-state index in [4.69, 9.17) is 0 Å². The van der Waals surface area contributed by atoms with Gasteiger partial charge in [0.1, 0.15) is 11.5 Å². The summed E-state index contributed by atoms with van der Waals surface area (Å²) in [6, 6.07) is 13.8. The van der Waals surface area contributed by atoms with Crippen molar-refractivity contribution in [2.24, 2.45) is 0 Å². The summed E-state index contributed by atoms with van der Waals surface area (Å²) >= 11 is 3.12. The Morgan fingerprint density at radius 2 is 1.03 bits per heavy atom. The lowest BCUT2D eigenvalue weighted by Crippen LogP contribution is -2.40. The van der Waals surface area contributed by atoms with Gasteiger partial charge in [0.05, 0.1) is 5.30 Å². The highest BCUT2D eigenvalue weighted by molar-refractivity contribution is 9.10. The van der Waals surface area contributed by atoms with Crippen LogP contribution >= 0.6 is 40.3 Å². The molecule has 0 bridgehead atoms. The number of rotatable bonds is 9. The minimum Gasteiger partial charge on any atom is -0.427 e. The van der Waals surface area contributed by atoms with Crippen molar-refractivity contribution in [2.75, 3.05) is 0 Å². The lowest BCUT2D eigenvalue weighted by molar-refractivity contribution is -0.266. The van der Waals surface area contributed by atoms with Crippen LogP contribution in [-0.4, -0.2) is 21.9 Å². The van der Waals surface area contributed by atoms with Gasteiger partial charge in [0.2, 0.25) is 0 Å². The molecule has 192 valence electrons. The van der Waals surface area contributed by atoms with Crippen molar-refractivity contribution in [3.8, 4) is 33.8 Å². The summed E-state index contributed by atoms with van der Waals surface area (Å²) in [4.78, 5) is -9.23. The molecule has 3 nitrogen and oxygen atoms in total. The van der Waals surface area contributed by atoms with E-state index in [9.17, 15) is 39.7 Å². The first-order valence-corrected chi connectivity index (χ1v) is 11.9. The van der Waals surface area contributed by atoms with Crippen molar-refractivity contribution in [1.82, 2.24) is 0 Å². The van der Waals surface area contributed by atoms with E-state index in [1.807, 2.05) is 0 Å². The van der Waals surface area contributed by atoms with Gasteiger partial charge in [-0.15, -0.1) is 0 Å². The second kappa shape index (κ2) is 10.3. The Labute approximate surface area is 216 Å². The Bertz CT molecular complexity index is 1230. The van der Waals surface area contributed by atoms with E-state index in [1.165, 1.54) is 30.3 Å². The molecule has 3 aromatic rings. The summed E-state index contributed by atoms with van der Waals surface area (Å²) in [5.74, 6) is -1.14. The first-order chi connectivity index (χ1) is 16.6. The second-order valence-electron chi connectivity index (χ2n) is 7.07. The van der Waals surface area contributed by atoms with E-state index in [1.54, 1.807) is 44.0 Å². The number of ether oxygens (including phenoxy) is 2. The fourth-order valence-corrected chi connectivity index (χ4v) is 3.61. The van der Waals surface area contributed by atoms with Crippen LogP contribution in [0.2, 0.25) is 0 Å². The van der Waals surface area contributed by atoms with Gasteiger partial charge in [-0.25, -0.2) is 0 Å². The van der Waals surface area contributed by atoms with Crippen molar-refractivity contribution >= 4 is 45.6 Å². The molecule has 0 radical (unpaired) electrons. The molecule has 3 aromatic carbocycles. The fourth-order valence-electron chi connectivity index (χ4n) is 2.96. The summed E-state index contributed by atoms with van der Waals surface area (Å²) < 4.78 is 126. The normalized spacial score (nSPS) is 13.1. The van der Waals surface area contributed by atoms with E-state index in [2.05, 4.69) is 9.47 Å². The average Bonchev–Trinajstić information content (AvgIpc) is 2.77. The van der Waals surface area contributed by atoms with Crippen LogP contribution in [0.25, 0.3) is 22.3 Å². The van der Waals surface area contributed by atoms with Crippen molar-refractivity contribution in [2.45, 2.75) is 21.9 Å². The minimum atomic E-state index is -4.84. The monoisotopic (exact) mass is 664 g/mol. The van der Waals surface area contributed by atoms with E-state index in [-0.39, 0.29) is 5.30 Å². The van der Waals surface area contributed by atoms with Crippen LogP contribution < -0.4 is 14.8 Å². The van der Waals surface area contributed by atoms with Gasteiger partial charge in [-0.05, 0) is 47.0 Å². The van der Waals surface area contributed by atoms with Crippen LogP contribution in [0.3, 0.4) is 0 Å². The largest absolute Gasteiger partial charge is 0.475 e. The lowest BCUT2D eigenvalue weighted by Gasteiger charge is -2.22. The third kappa shape index (κ3) is 6.18. The van der Waals surface area contributed by atoms with Crippen LogP contribution in [0.4, 0.5) is 35.1 Å². The number of hydrogen-bond donors (Lipinski definition) is 0. The minimum absolute atomic E-state index is 0.254. The predicted octanol–water partition coefficient (Wildman–Crippen LogP) is 8.86. The van der Waals surface area contributed by atoms with E-state index >= 15 is 0 Å². The van der Waals surface area contributed by atoms with Crippen molar-refractivity contribution in [1.29, 1.82) is 0 Å². The van der Waals surface area contributed by atoms with Crippen molar-refractivity contribution < 1.29 is 49.2 Å². The highest BCUT2D eigenvalue weighted by atomic mass is 79.9. The maximum atomic E-state index is 13.5. The molecule has 14 heteroatoms. The van der Waals surface area contributed by atoms with Crippen LogP contribution in [0.5, 0.6) is 11.5 Å². The number of alkyl halides is 10. The number of benzene rings is 3. The molecule has 0 saturated carbocycles. The van der Waals surface area contributed by atoms with Gasteiger partial charge in [-0.1, -0.05) is 36.4 Å². The Morgan fingerprint density at radius 3 is 1.42 bits per heavy atom. The zero-order valence-electron chi connectivity index (χ0n) is 17.3. The molecule has 0 aliphatic carbocycles. The molecule has 0 unspecified atom stereocenters. The molecule has 3 rings (SSSR count). The zero-order chi connectivity index (χ0) is 26.9. The topological polar surface area (TPSA) is 35.5 Å². The first-order valence-electron chi connectivity index (χ1n) is 9.50.